The molecule has 8 heteroatoms. The van der Waals surface area contributed by atoms with Gasteiger partial charge >= 0.3 is 0 Å². The summed E-state index contributed by atoms with van der Waals surface area (Å²) in [6.45, 7) is 0. The Morgan fingerprint density at radius 3 is 2.63 bits per heavy atom. The van der Waals surface area contributed by atoms with E-state index in [9.17, 15) is 5.11 Å². The number of hydrogen-bond acceptors (Lipinski definition) is 5. The van der Waals surface area contributed by atoms with Crippen molar-refractivity contribution in [3.8, 4) is 0 Å². The molecule has 0 radical (unpaired) electrons. The van der Waals surface area contributed by atoms with Crippen LogP contribution in [0.15, 0.2) is 18.5 Å². The van der Waals surface area contributed by atoms with Crippen molar-refractivity contribution in [2.45, 2.75) is 6.10 Å². The van der Waals surface area contributed by atoms with Gasteiger partial charge in [0.15, 0.2) is 5.15 Å². The maximum Gasteiger partial charge on any atom is 0.155 e. The monoisotopic (exact) mass is 318 g/mol. The minimum Gasteiger partial charge on any atom is -0.382 e. The Labute approximate surface area is 124 Å². The van der Waals surface area contributed by atoms with Crippen LogP contribution in [0.4, 0.5) is 5.82 Å². The van der Waals surface area contributed by atoms with Crippen LogP contribution < -0.4 is 5.32 Å². The first-order chi connectivity index (χ1) is 9.04. The summed E-state index contributed by atoms with van der Waals surface area (Å²) in [5.74, 6) is 0.455. The molecule has 2 aromatic rings. The fraction of sp³-hybridized carbons (Fsp3) is 0.182. The van der Waals surface area contributed by atoms with Crippen molar-refractivity contribution in [3.63, 3.8) is 0 Å². The quantitative estimate of drug-likeness (QED) is 0.910. The minimum absolute atomic E-state index is 0.0267. The average molecular weight is 320 g/mol. The van der Waals surface area contributed by atoms with Gasteiger partial charge in [0.1, 0.15) is 22.8 Å². The molecule has 0 saturated carbocycles. The summed E-state index contributed by atoms with van der Waals surface area (Å²) in [6, 6.07) is 1.58. The van der Waals surface area contributed by atoms with Crippen LogP contribution in [0.25, 0.3) is 0 Å². The summed E-state index contributed by atoms with van der Waals surface area (Å²) in [6.07, 6.45) is 1.72. The molecule has 100 valence electrons. The summed E-state index contributed by atoms with van der Waals surface area (Å²) in [4.78, 5) is 11.8. The lowest BCUT2D eigenvalue weighted by atomic mass is 10.1. The Morgan fingerprint density at radius 1 is 1.26 bits per heavy atom. The highest BCUT2D eigenvalue weighted by Gasteiger charge is 2.21. The Bertz CT molecular complexity index is 608. The second-order valence-electron chi connectivity index (χ2n) is 3.58. The highest BCUT2D eigenvalue weighted by molar-refractivity contribution is 6.34. The minimum atomic E-state index is -1.11. The third kappa shape index (κ3) is 2.90. The van der Waals surface area contributed by atoms with Gasteiger partial charge in [-0.2, -0.15) is 0 Å². The normalized spacial score (nSPS) is 12.3. The van der Waals surface area contributed by atoms with Crippen molar-refractivity contribution in [3.05, 3.63) is 45.0 Å². The number of nitrogens with zero attached hydrogens (tertiary/aromatic N) is 3. The van der Waals surface area contributed by atoms with Crippen LogP contribution in [0.1, 0.15) is 17.4 Å². The molecule has 2 N–H and O–H groups in total. The number of nitrogens with one attached hydrogen (secondary N) is 1. The molecule has 0 aliphatic rings. The predicted molar refractivity (Wildman–Crippen MR) is 74.9 cm³/mol. The van der Waals surface area contributed by atoms with Crippen molar-refractivity contribution < 1.29 is 5.11 Å². The smallest absolute Gasteiger partial charge is 0.155 e. The number of halogens is 3. The van der Waals surface area contributed by atoms with E-state index in [-0.39, 0.29) is 16.0 Å². The molecular weight excluding hydrogens is 311 g/mol. The van der Waals surface area contributed by atoms with Crippen molar-refractivity contribution in [1.82, 2.24) is 15.0 Å². The summed E-state index contributed by atoms with van der Waals surface area (Å²) in [5.41, 5.74) is 0.612. The summed E-state index contributed by atoms with van der Waals surface area (Å²) >= 11 is 17.7. The first kappa shape index (κ1) is 14.3. The zero-order chi connectivity index (χ0) is 14.0. The molecule has 0 aliphatic carbocycles. The van der Waals surface area contributed by atoms with Crippen LogP contribution in [0.2, 0.25) is 15.3 Å². The van der Waals surface area contributed by atoms with Crippen LogP contribution in [-0.4, -0.2) is 27.1 Å². The number of aromatic nitrogens is 3. The van der Waals surface area contributed by atoms with E-state index < -0.39 is 6.10 Å². The Balaban J connectivity index is 2.47. The van der Waals surface area contributed by atoms with Crippen LogP contribution >= 0.6 is 34.8 Å². The maximum atomic E-state index is 10.3. The molecule has 2 aromatic heterocycles. The van der Waals surface area contributed by atoms with Gasteiger partial charge in [0.2, 0.25) is 0 Å². The van der Waals surface area contributed by atoms with E-state index in [1.165, 1.54) is 12.4 Å². The van der Waals surface area contributed by atoms with Crippen LogP contribution in [0.3, 0.4) is 0 Å². The van der Waals surface area contributed by atoms with E-state index in [4.69, 9.17) is 34.8 Å². The second kappa shape index (κ2) is 5.88. The molecule has 0 saturated heterocycles. The van der Waals surface area contributed by atoms with Crippen molar-refractivity contribution >= 4 is 40.6 Å². The molecule has 0 aliphatic heterocycles. The molecule has 0 aromatic carbocycles. The van der Waals surface area contributed by atoms with E-state index in [0.29, 0.717) is 16.4 Å². The lowest BCUT2D eigenvalue weighted by Crippen LogP contribution is -2.07. The van der Waals surface area contributed by atoms with Crippen molar-refractivity contribution in [2.24, 2.45) is 0 Å². The Morgan fingerprint density at radius 2 is 2.00 bits per heavy atom. The fourth-order valence-electron chi connectivity index (χ4n) is 1.53. The number of rotatable bonds is 3. The average Bonchev–Trinajstić information content (AvgIpc) is 2.38. The Kier molecular flexibility index (Phi) is 4.42. The maximum absolute atomic E-state index is 10.3. The zero-order valence-corrected chi connectivity index (χ0v) is 12.0. The van der Waals surface area contributed by atoms with Gasteiger partial charge in [0.25, 0.3) is 0 Å². The molecule has 2 rings (SSSR count). The number of aliphatic hydroxyl groups excluding tert-OH is 1. The number of anilines is 1. The first-order valence-corrected chi connectivity index (χ1v) is 6.36. The molecule has 19 heavy (non-hydrogen) atoms. The fourth-order valence-corrected chi connectivity index (χ4v) is 2.26. The molecule has 1 unspecified atom stereocenters. The third-order valence-corrected chi connectivity index (χ3v) is 3.29. The van der Waals surface area contributed by atoms with Gasteiger partial charge in [-0.15, -0.1) is 0 Å². The number of pyridine rings is 1. The lowest BCUT2D eigenvalue weighted by Gasteiger charge is -2.14. The van der Waals surface area contributed by atoms with Crippen LogP contribution in [0.5, 0.6) is 0 Å². The molecule has 0 bridgehead atoms. The highest BCUT2D eigenvalue weighted by Crippen LogP contribution is 2.33. The van der Waals surface area contributed by atoms with Crippen molar-refractivity contribution in [2.75, 3.05) is 12.4 Å². The molecule has 0 fully saturated rings. The summed E-state index contributed by atoms with van der Waals surface area (Å²) in [7, 11) is 1.68. The topological polar surface area (TPSA) is 70.9 Å². The largest absolute Gasteiger partial charge is 0.382 e. The van der Waals surface area contributed by atoms with E-state index >= 15 is 0 Å². The summed E-state index contributed by atoms with van der Waals surface area (Å²) in [5, 5.41) is 13.6. The van der Waals surface area contributed by atoms with Gasteiger partial charge in [-0.1, -0.05) is 34.8 Å². The SMILES string of the molecule is CNc1nccc(C(O)c2ncc(Cl)nc2Cl)c1Cl. The first-order valence-electron chi connectivity index (χ1n) is 5.22. The second-order valence-corrected chi connectivity index (χ2v) is 4.71. The van der Waals surface area contributed by atoms with Crippen molar-refractivity contribution in [1.29, 1.82) is 0 Å². The summed E-state index contributed by atoms with van der Waals surface area (Å²) < 4.78 is 0. The van der Waals surface area contributed by atoms with E-state index in [2.05, 4.69) is 20.3 Å². The van der Waals surface area contributed by atoms with Gasteiger partial charge in [0, 0.05) is 18.8 Å². The van der Waals surface area contributed by atoms with Gasteiger partial charge < -0.3 is 10.4 Å². The van der Waals surface area contributed by atoms with Crippen LogP contribution in [0, 0.1) is 0 Å². The number of hydrogen-bond donors (Lipinski definition) is 2. The van der Waals surface area contributed by atoms with E-state index in [0.717, 1.165) is 0 Å². The molecule has 0 spiro atoms. The molecule has 0 amide bonds. The van der Waals surface area contributed by atoms with Gasteiger partial charge in [-0.3, -0.25) is 4.98 Å². The predicted octanol–water partition coefficient (Wildman–Crippen LogP) is 2.96. The van der Waals surface area contributed by atoms with Gasteiger partial charge in [0.05, 0.1) is 11.2 Å². The van der Waals surface area contributed by atoms with Crippen LogP contribution in [-0.2, 0) is 0 Å². The molecule has 1 atom stereocenters. The number of aliphatic hydroxyl groups is 1. The zero-order valence-electron chi connectivity index (χ0n) is 9.73. The molecule has 5 nitrogen and oxygen atoms in total. The highest BCUT2D eigenvalue weighted by atomic mass is 35.5. The molecule has 2 heterocycles. The third-order valence-electron chi connectivity index (χ3n) is 2.44. The Hall–Kier alpha value is -1.14. The standard InChI is InChI=1S/C11H9Cl3N4O/c1-15-11-7(13)5(2-3-16-11)9(19)8-10(14)18-6(12)4-17-8/h2-4,9,19H,1H3,(H,15,16). The van der Waals surface area contributed by atoms with Gasteiger partial charge in [-0.05, 0) is 6.07 Å². The van der Waals surface area contributed by atoms with E-state index in [1.54, 1.807) is 13.1 Å². The van der Waals surface area contributed by atoms with Gasteiger partial charge in [-0.25, -0.2) is 9.97 Å². The van der Waals surface area contributed by atoms with E-state index in [1.807, 2.05) is 0 Å². The molecular formula is C11H9Cl3N4O. The lowest BCUT2D eigenvalue weighted by molar-refractivity contribution is 0.215.